The van der Waals surface area contributed by atoms with E-state index in [9.17, 15) is 13.2 Å². The lowest BCUT2D eigenvalue weighted by molar-refractivity contribution is -0.119. The fourth-order valence-corrected chi connectivity index (χ4v) is 5.50. The topological polar surface area (TPSA) is 75.7 Å². The smallest absolute Gasteiger partial charge is 0.264 e. The summed E-state index contributed by atoms with van der Waals surface area (Å²) in [5.74, 6) is 0.255. The second-order valence-electron chi connectivity index (χ2n) is 9.40. The van der Waals surface area contributed by atoms with Crippen molar-refractivity contribution in [1.82, 2.24) is 5.32 Å². The molecule has 0 saturated carbocycles. The van der Waals surface area contributed by atoms with Gasteiger partial charge in [-0.2, -0.15) is 0 Å². The Kier molecular flexibility index (Phi) is 8.93. The Morgan fingerprint density at radius 1 is 0.972 bits per heavy atom. The first kappa shape index (κ1) is 27.8. The summed E-state index contributed by atoms with van der Waals surface area (Å²) in [6.45, 7) is 8.14. The van der Waals surface area contributed by atoms with Gasteiger partial charge in [-0.05, 0) is 54.3 Å². The minimum absolute atomic E-state index is 0.0547. The van der Waals surface area contributed by atoms with Gasteiger partial charge in [0.05, 0.1) is 17.1 Å². The number of para-hydroxylation sites is 1. The van der Waals surface area contributed by atoms with Crippen LogP contribution in [0.3, 0.4) is 0 Å². The first-order chi connectivity index (χ1) is 16.9. The van der Waals surface area contributed by atoms with Gasteiger partial charge in [0.1, 0.15) is 18.9 Å². The molecule has 6 nitrogen and oxygen atoms in total. The van der Waals surface area contributed by atoms with Crippen LogP contribution in [0, 0.1) is 6.92 Å². The Balaban J connectivity index is 1.74. The van der Waals surface area contributed by atoms with E-state index in [-0.39, 0.29) is 39.2 Å². The van der Waals surface area contributed by atoms with E-state index in [0.29, 0.717) is 0 Å². The lowest BCUT2D eigenvalue weighted by Crippen LogP contribution is -2.42. The van der Waals surface area contributed by atoms with E-state index in [1.807, 2.05) is 31.2 Å². The van der Waals surface area contributed by atoms with Gasteiger partial charge < -0.3 is 10.1 Å². The summed E-state index contributed by atoms with van der Waals surface area (Å²) in [4.78, 5) is 12.9. The zero-order valence-corrected chi connectivity index (χ0v) is 23.0. The number of ether oxygens (including phenoxy) is 1. The molecule has 0 saturated heterocycles. The number of sulfonamides is 1. The summed E-state index contributed by atoms with van der Waals surface area (Å²) in [6, 6.07) is 18.6. The van der Waals surface area contributed by atoms with Gasteiger partial charge in [-0.25, -0.2) is 8.42 Å². The van der Waals surface area contributed by atoms with E-state index < -0.39 is 22.5 Å². The molecule has 0 aliphatic rings. The zero-order chi connectivity index (χ0) is 26.5. The van der Waals surface area contributed by atoms with E-state index in [1.165, 1.54) is 30.3 Å². The molecule has 1 N–H and O–H groups in total. The van der Waals surface area contributed by atoms with Gasteiger partial charge >= 0.3 is 0 Å². The highest BCUT2D eigenvalue weighted by molar-refractivity contribution is 7.92. The Morgan fingerprint density at radius 3 is 2.19 bits per heavy atom. The molecule has 0 aliphatic carbocycles. The Hall–Kier alpha value is -2.74. The van der Waals surface area contributed by atoms with Crippen LogP contribution in [0.25, 0.3) is 0 Å². The molecule has 9 heteroatoms. The van der Waals surface area contributed by atoms with Gasteiger partial charge in [0, 0.05) is 10.0 Å². The van der Waals surface area contributed by atoms with Crippen LogP contribution in [-0.2, 0) is 20.2 Å². The van der Waals surface area contributed by atoms with Crippen LogP contribution in [0.5, 0.6) is 5.75 Å². The summed E-state index contributed by atoms with van der Waals surface area (Å²) in [5.41, 5.74) is 2.07. The third kappa shape index (κ3) is 7.15. The molecule has 0 atom stereocenters. The van der Waals surface area contributed by atoms with Gasteiger partial charge in [-0.3, -0.25) is 9.10 Å². The van der Waals surface area contributed by atoms with E-state index in [0.717, 1.165) is 21.2 Å². The summed E-state index contributed by atoms with van der Waals surface area (Å²) in [6.07, 6.45) is 0. The molecule has 1 amide bonds. The van der Waals surface area contributed by atoms with Crippen molar-refractivity contribution in [2.75, 3.05) is 24.0 Å². The van der Waals surface area contributed by atoms with Crippen molar-refractivity contribution in [1.29, 1.82) is 0 Å². The maximum absolute atomic E-state index is 13.5. The highest BCUT2D eigenvalue weighted by atomic mass is 35.5. The van der Waals surface area contributed by atoms with E-state index in [2.05, 4.69) is 26.1 Å². The van der Waals surface area contributed by atoms with Crippen molar-refractivity contribution in [2.24, 2.45) is 0 Å². The number of hydrogen-bond acceptors (Lipinski definition) is 4. The number of nitrogens with zero attached hydrogens (tertiary/aromatic N) is 1. The summed E-state index contributed by atoms with van der Waals surface area (Å²) >= 11 is 12.3. The largest absolute Gasteiger partial charge is 0.491 e. The molecule has 0 bridgehead atoms. The minimum atomic E-state index is -4.07. The van der Waals surface area contributed by atoms with Gasteiger partial charge in [-0.1, -0.05) is 79.9 Å². The third-order valence-electron chi connectivity index (χ3n) is 5.41. The van der Waals surface area contributed by atoms with Crippen LogP contribution in [-0.4, -0.2) is 34.0 Å². The van der Waals surface area contributed by atoms with Crippen LogP contribution in [0.4, 0.5) is 5.69 Å². The maximum atomic E-state index is 13.5. The van der Waals surface area contributed by atoms with Crippen LogP contribution < -0.4 is 14.4 Å². The predicted octanol–water partition coefficient (Wildman–Crippen LogP) is 5.99. The first-order valence-electron chi connectivity index (χ1n) is 11.4. The van der Waals surface area contributed by atoms with E-state index in [1.54, 1.807) is 12.1 Å². The average Bonchev–Trinajstić information content (AvgIpc) is 2.79. The van der Waals surface area contributed by atoms with Gasteiger partial charge in [-0.15, -0.1) is 0 Å². The number of hydrogen-bond donors (Lipinski definition) is 1. The van der Waals surface area contributed by atoms with Crippen molar-refractivity contribution >= 4 is 44.8 Å². The van der Waals surface area contributed by atoms with Crippen molar-refractivity contribution in [2.45, 2.75) is 38.0 Å². The number of rotatable bonds is 9. The standard InChI is InChI=1S/C27H30Cl2N2O4S/c1-19-9-11-23(12-10-19)36(33,34)31(22-16-20(28)15-21(29)17-22)18-26(32)30-13-14-35-25-8-6-5-7-24(25)27(2,3)4/h5-12,15-17H,13-14,18H2,1-4H3,(H,30,32). The van der Waals surface area contributed by atoms with Crippen LogP contribution >= 0.6 is 23.2 Å². The molecule has 0 radical (unpaired) electrons. The number of nitrogens with one attached hydrogen (secondary N) is 1. The number of aryl methyl sites for hydroxylation is 1. The molecule has 3 rings (SSSR count). The van der Waals surface area contributed by atoms with Crippen molar-refractivity contribution in [3.8, 4) is 5.75 Å². The summed E-state index contributed by atoms with van der Waals surface area (Å²) in [7, 11) is -4.07. The van der Waals surface area contributed by atoms with Crippen molar-refractivity contribution in [3.05, 3.63) is 87.9 Å². The Morgan fingerprint density at radius 2 is 1.58 bits per heavy atom. The molecule has 0 aromatic heterocycles. The molecule has 0 unspecified atom stereocenters. The minimum Gasteiger partial charge on any atom is -0.491 e. The first-order valence-corrected chi connectivity index (χ1v) is 13.6. The summed E-state index contributed by atoms with van der Waals surface area (Å²) in [5, 5.41) is 3.25. The third-order valence-corrected chi connectivity index (χ3v) is 7.63. The van der Waals surface area contributed by atoms with Crippen molar-refractivity contribution in [3.63, 3.8) is 0 Å². The molecule has 0 fully saturated rings. The lowest BCUT2D eigenvalue weighted by atomic mass is 9.86. The predicted molar refractivity (Wildman–Crippen MR) is 146 cm³/mol. The highest BCUT2D eigenvalue weighted by Crippen LogP contribution is 2.31. The summed E-state index contributed by atoms with van der Waals surface area (Å²) < 4.78 is 33.9. The molecule has 36 heavy (non-hydrogen) atoms. The fourth-order valence-electron chi connectivity index (χ4n) is 3.59. The molecule has 192 valence electrons. The molecular formula is C27H30Cl2N2O4S. The van der Waals surface area contributed by atoms with Crippen LogP contribution in [0.15, 0.2) is 71.6 Å². The SMILES string of the molecule is Cc1ccc(S(=O)(=O)N(CC(=O)NCCOc2ccccc2C(C)(C)C)c2cc(Cl)cc(Cl)c2)cc1. The fraction of sp³-hybridized carbons (Fsp3) is 0.296. The van der Waals surface area contributed by atoms with E-state index >= 15 is 0 Å². The number of anilines is 1. The van der Waals surface area contributed by atoms with Gasteiger partial charge in [0.15, 0.2) is 0 Å². The van der Waals surface area contributed by atoms with Gasteiger partial charge in [0.2, 0.25) is 5.91 Å². The van der Waals surface area contributed by atoms with Crippen molar-refractivity contribution < 1.29 is 17.9 Å². The van der Waals surface area contributed by atoms with E-state index in [4.69, 9.17) is 27.9 Å². The molecule has 0 spiro atoms. The number of carbonyl (C=O) groups excluding carboxylic acids is 1. The molecule has 3 aromatic rings. The molecule has 0 heterocycles. The quantitative estimate of drug-likeness (QED) is 0.333. The number of carbonyl (C=O) groups is 1. The van der Waals surface area contributed by atoms with Gasteiger partial charge in [0.25, 0.3) is 10.0 Å². The number of halogens is 2. The van der Waals surface area contributed by atoms with Crippen LogP contribution in [0.2, 0.25) is 10.0 Å². The normalized spacial score (nSPS) is 11.7. The second kappa shape index (κ2) is 11.5. The molecule has 0 aliphatic heterocycles. The van der Waals surface area contributed by atoms with Crippen LogP contribution in [0.1, 0.15) is 31.9 Å². The molecular weight excluding hydrogens is 519 g/mol. The zero-order valence-electron chi connectivity index (χ0n) is 20.7. The molecule has 3 aromatic carbocycles. The number of amides is 1. The highest BCUT2D eigenvalue weighted by Gasteiger charge is 2.28. The second-order valence-corrected chi connectivity index (χ2v) is 12.1. The Labute approximate surface area is 223 Å². The Bertz CT molecular complexity index is 1300. The maximum Gasteiger partial charge on any atom is 0.264 e. The number of benzene rings is 3. The average molecular weight is 550 g/mol. The lowest BCUT2D eigenvalue weighted by Gasteiger charge is -2.25. The monoisotopic (exact) mass is 548 g/mol.